The zero-order chi connectivity index (χ0) is 19.5. The summed E-state index contributed by atoms with van der Waals surface area (Å²) in [6, 6.07) is 0. The second-order valence-electron chi connectivity index (χ2n) is 7.88. The third-order valence-corrected chi connectivity index (χ3v) is 4.19. The summed E-state index contributed by atoms with van der Waals surface area (Å²) in [5, 5.41) is 4.14. The summed E-state index contributed by atoms with van der Waals surface area (Å²) < 4.78 is 10.7. The Balaban J connectivity index is 2.06. The van der Waals surface area contributed by atoms with Crippen LogP contribution in [0.15, 0.2) is 16.8 Å². The quantitative estimate of drug-likeness (QED) is 0.603. The number of allylic oxidation sites excluding steroid dienone is 1. The molecule has 0 N–H and O–H groups in total. The van der Waals surface area contributed by atoms with Gasteiger partial charge in [-0.25, -0.2) is 4.79 Å². The number of likely N-dealkylation sites (tertiary alicyclic amines) is 1. The Morgan fingerprint density at radius 2 is 1.88 bits per heavy atom. The summed E-state index contributed by atoms with van der Waals surface area (Å²) in [5.41, 5.74) is 0.730. The first-order chi connectivity index (χ1) is 12.1. The van der Waals surface area contributed by atoms with Crippen LogP contribution in [0.5, 0.6) is 0 Å². The minimum absolute atomic E-state index is 0.0952. The van der Waals surface area contributed by atoms with Gasteiger partial charge in [0.2, 0.25) is 0 Å². The number of piperidine rings is 1. The zero-order valence-electron chi connectivity index (χ0n) is 16.5. The number of aryl methyl sites for hydroxylation is 1. The van der Waals surface area contributed by atoms with Crippen molar-refractivity contribution in [2.45, 2.75) is 52.1 Å². The van der Waals surface area contributed by atoms with E-state index in [2.05, 4.69) is 5.16 Å². The number of rotatable bonds is 4. The van der Waals surface area contributed by atoms with Crippen LogP contribution >= 0.6 is 0 Å². The average molecular weight is 363 g/mol. The molecule has 1 amide bonds. The van der Waals surface area contributed by atoms with Crippen LogP contribution in [0.3, 0.4) is 0 Å². The molecule has 0 bridgehead atoms. The van der Waals surface area contributed by atoms with Gasteiger partial charge in [0.25, 0.3) is 0 Å². The van der Waals surface area contributed by atoms with E-state index in [0.717, 1.165) is 12.8 Å². The van der Waals surface area contributed by atoms with Crippen LogP contribution in [0.1, 0.15) is 61.3 Å². The molecular formula is C19H29N3O4. The van der Waals surface area contributed by atoms with Gasteiger partial charge in [0.1, 0.15) is 11.4 Å². The van der Waals surface area contributed by atoms with Crippen LogP contribution in [0, 0.1) is 6.92 Å². The van der Waals surface area contributed by atoms with E-state index in [1.54, 1.807) is 22.9 Å². The molecule has 0 unspecified atom stereocenters. The molecule has 0 spiro atoms. The van der Waals surface area contributed by atoms with E-state index in [1.165, 1.54) is 6.08 Å². The fourth-order valence-electron chi connectivity index (χ4n) is 2.93. The number of aromatic nitrogens is 1. The maximum atomic E-state index is 12.5. The number of ketones is 1. The SMILES string of the molecule is Cc1onc(C2CCN(C(=O)OC(C)(C)C)CC2)c1C(=O)/C=C/N(C)C. The topological polar surface area (TPSA) is 75.9 Å². The van der Waals surface area contributed by atoms with E-state index in [4.69, 9.17) is 9.26 Å². The molecule has 1 fully saturated rings. The van der Waals surface area contributed by atoms with Gasteiger partial charge < -0.3 is 19.1 Å². The number of carbonyl (C=O) groups is 2. The van der Waals surface area contributed by atoms with Crippen molar-refractivity contribution < 1.29 is 18.8 Å². The third-order valence-electron chi connectivity index (χ3n) is 4.19. The van der Waals surface area contributed by atoms with E-state index in [1.807, 2.05) is 34.9 Å². The molecule has 1 aliphatic heterocycles. The van der Waals surface area contributed by atoms with E-state index >= 15 is 0 Å². The summed E-state index contributed by atoms with van der Waals surface area (Å²) in [6.07, 6.45) is 4.39. The molecular weight excluding hydrogens is 334 g/mol. The monoisotopic (exact) mass is 363 g/mol. The number of amides is 1. The molecule has 144 valence electrons. The predicted octanol–water partition coefficient (Wildman–Crippen LogP) is 3.36. The van der Waals surface area contributed by atoms with Gasteiger partial charge in [0.15, 0.2) is 5.78 Å². The van der Waals surface area contributed by atoms with Crippen LogP contribution in [-0.4, -0.2) is 59.6 Å². The van der Waals surface area contributed by atoms with Crippen molar-refractivity contribution in [1.29, 1.82) is 0 Å². The van der Waals surface area contributed by atoms with Crippen LogP contribution in [-0.2, 0) is 4.74 Å². The van der Waals surface area contributed by atoms with Gasteiger partial charge in [-0.1, -0.05) is 5.16 Å². The summed E-state index contributed by atoms with van der Waals surface area (Å²) in [7, 11) is 3.72. The smallest absolute Gasteiger partial charge is 0.410 e. The van der Waals surface area contributed by atoms with Gasteiger partial charge in [0.05, 0.1) is 11.3 Å². The largest absolute Gasteiger partial charge is 0.444 e. The lowest BCUT2D eigenvalue weighted by Gasteiger charge is -2.33. The molecule has 7 heteroatoms. The van der Waals surface area contributed by atoms with E-state index in [0.29, 0.717) is 30.1 Å². The molecule has 0 aromatic carbocycles. The highest BCUT2D eigenvalue weighted by Crippen LogP contribution is 2.32. The Labute approximate surface area is 154 Å². The zero-order valence-corrected chi connectivity index (χ0v) is 16.5. The molecule has 2 heterocycles. The second kappa shape index (κ2) is 7.93. The molecule has 0 radical (unpaired) electrons. The second-order valence-corrected chi connectivity index (χ2v) is 7.88. The van der Waals surface area contributed by atoms with Crippen molar-refractivity contribution in [2.75, 3.05) is 27.2 Å². The van der Waals surface area contributed by atoms with Gasteiger partial charge in [-0.3, -0.25) is 4.79 Å². The first-order valence-corrected chi connectivity index (χ1v) is 8.91. The highest BCUT2D eigenvalue weighted by Gasteiger charge is 2.31. The molecule has 26 heavy (non-hydrogen) atoms. The molecule has 1 aromatic rings. The van der Waals surface area contributed by atoms with Gasteiger partial charge in [-0.05, 0) is 40.5 Å². The maximum absolute atomic E-state index is 12.5. The summed E-state index contributed by atoms with van der Waals surface area (Å²) in [5.74, 6) is 0.517. The van der Waals surface area contributed by atoms with Crippen molar-refractivity contribution in [3.63, 3.8) is 0 Å². The van der Waals surface area contributed by atoms with Gasteiger partial charge >= 0.3 is 6.09 Å². The Morgan fingerprint density at radius 3 is 2.42 bits per heavy atom. The van der Waals surface area contributed by atoms with Crippen LogP contribution in [0.2, 0.25) is 0 Å². The number of nitrogens with zero attached hydrogens (tertiary/aromatic N) is 3. The summed E-state index contributed by atoms with van der Waals surface area (Å²) >= 11 is 0. The first kappa shape index (κ1) is 20.0. The van der Waals surface area contributed by atoms with Gasteiger partial charge in [-0.15, -0.1) is 0 Å². The van der Waals surface area contributed by atoms with Crippen molar-refractivity contribution in [3.05, 3.63) is 29.3 Å². The van der Waals surface area contributed by atoms with Crippen molar-refractivity contribution in [2.24, 2.45) is 0 Å². The Hall–Kier alpha value is -2.31. The van der Waals surface area contributed by atoms with Gasteiger partial charge in [0, 0.05) is 45.4 Å². The Kier molecular flexibility index (Phi) is 6.10. The molecule has 1 aromatic heterocycles. The lowest BCUT2D eigenvalue weighted by molar-refractivity contribution is 0.0203. The van der Waals surface area contributed by atoms with Crippen LogP contribution < -0.4 is 0 Å². The van der Waals surface area contributed by atoms with Crippen molar-refractivity contribution in [3.8, 4) is 0 Å². The number of hydrogen-bond acceptors (Lipinski definition) is 6. The fraction of sp³-hybridized carbons (Fsp3) is 0.632. The summed E-state index contributed by atoms with van der Waals surface area (Å²) in [6.45, 7) is 8.47. The number of carbonyl (C=O) groups excluding carboxylic acids is 2. The molecule has 0 saturated carbocycles. The van der Waals surface area contributed by atoms with Crippen molar-refractivity contribution >= 4 is 11.9 Å². The number of hydrogen-bond donors (Lipinski definition) is 0. The number of ether oxygens (including phenoxy) is 1. The molecule has 0 aliphatic carbocycles. The molecule has 0 atom stereocenters. The standard InChI is InChI=1S/C19H29N3O4/c1-13-16(15(23)9-10-21(5)6)17(20-26-13)14-7-11-22(12-8-14)18(24)25-19(2,3)4/h9-10,14H,7-8,11-12H2,1-6H3/b10-9+. The van der Waals surface area contributed by atoms with Gasteiger partial charge in [-0.2, -0.15) is 0 Å². The molecule has 1 aliphatic rings. The Bertz CT molecular complexity index is 677. The lowest BCUT2D eigenvalue weighted by atomic mass is 9.89. The minimum atomic E-state index is -0.504. The van der Waals surface area contributed by atoms with E-state index in [9.17, 15) is 9.59 Å². The van der Waals surface area contributed by atoms with E-state index in [-0.39, 0.29) is 17.8 Å². The third kappa shape index (κ3) is 5.09. The normalized spacial score (nSPS) is 16.2. The first-order valence-electron chi connectivity index (χ1n) is 8.91. The highest BCUT2D eigenvalue weighted by atomic mass is 16.6. The predicted molar refractivity (Wildman–Crippen MR) is 98.2 cm³/mol. The van der Waals surface area contributed by atoms with E-state index < -0.39 is 5.60 Å². The van der Waals surface area contributed by atoms with Crippen LogP contribution in [0.4, 0.5) is 4.79 Å². The highest BCUT2D eigenvalue weighted by molar-refractivity contribution is 6.06. The molecule has 1 saturated heterocycles. The summed E-state index contributed by atoms with van der Waals surface area (Å²) in [4.78, 5) is 28.2. The molecule has 7 nitrogen and oxygen atoms in total. The average Bonchev–Trinajstić information content (AvgIpc) is 2.93. The fourth-order valence-corrected chi connectivity index (χ4v) is 2.93. The molecule has 2 rings (SSSR count). The Morgan fingerprint density at radius 1 is 1.27 bits per heavy atom. The minimum Gasteiger partial charge on any atom is -0.444 e. The lowest BCUT2D eigenvalue weighted by Crippen LogP contribution is -2.41. The van der Waals surface area contributed by atoms with Crippen molar-refractivity contribution in [1.82, 2.24) is 15.0 Å². The maximum Gasteiger partial charge on any atom is 0.410 e. The van der Waals surface area contributed by atoms with Crippen LogP contribution in [0.25, 0.3) is 0 Å².